The molecule has 3 rings (SSSR count). The first-order valence-electron chi connectivity index (χ1n) is 7.31. The topological polar surface area (TPSA) is 37.3 Å². The zero-order valence-corrected chi connectivity index (χ0v) is 11.4. The third kappa shape index (κ3) is 1.85. The van der Waals surface area contributed by atoms with Gasteiger partial charge in [-0.1, -0.05) is 43.2 Å². The van der Waals surface area contributed by atoms with Crippen molar-refractivity contribution in [3.05, 3.63) is 36.0 Å². The van der Waals surface area contributed by atoms with Crippen LogP contribution in [-0.2, 0) is 4.79 Å². The van der Waals surface area contributed by atoms with E-state index in [0.29, 0.717) is 0 Å². The van der Waals surface area contributed by atoms with E-state index in [4.69, 9.17) is 0 Å². The van der Waals surface area contributed by atoms with Gasteiger partial charge in [-0.05, 0) is 37.2 Å². The standard InChI is InChI=1S/C17H22O2/c1-11-7-13(10-18)14-9-12(2)15-5-3-4-6-17(15,19)16(14)8-11/h8,10,13-15,19H,1-7,9H2/t13-,14+,15+,17+/m0/s1. The highest BCUT2D eigenvalue weighted by molar-refractivity contribution is 5.59. The number of hydrogen-bond acceptors (Lipinski definition) is 2. The van der Waals surface area contributed by atoms with Crippen LogP contribution in [0.4, 0.5) is 0 Å². The maximum atomic E-state index is 11.4. The van der Waals surface area contributed by atoms with Gasteiger partial charge in [-0.25, -0.2) is 0 Å². The monoisotopic (exact) mass is 258 g/mol. The van der Waals surface area contributed by atoms with Gasteiger partial charge in [0.15, 0.2) is 0 Å². The first-order valence-corrected chi connectivity index (χ1v) is 7.31. The number of fused-ring (bicyclic) bond motifs is 3. The van der Waals surface area contributed by atoms with Gasteiger partial charge in [0.05, 0.1) is 5.60 Å². The summed E-state index contributed by atoms with van der Waals surface area (Å²) in [7, 11) is 0. The molecule has 0 aliphatic heterocycles. The van der Waals surface area contributed by atoms with Crippen LogP contribution in [-0.4, -0.2) is 17.0 Å². The smallest absolute Gasteiger partial charge is 0.124 e. The van der Waals surface area contributed by atoms with Crippen LogP contribution >= 0.6 is 0 Å². The highest BCUT2D eigenvalue weighted by Gasteiger charge is 2.51. The van der Waals surface area contributed by atoms with Crippen LogP contribution < -0.4 is 0 Å². The fourth-order valence-electron chi connectivity index (χ4n) is 4.38. The second-order valence-corrected chi connectivity index (χ2v) is 6.45. The summed E-state index contributed by atoms with van der Waals surface area (Å²) in [4.78, 5) is 11.4. The molecule has 0 saturated heterocycles. The molecule has 1 N–H and O–H groups in total. The molecular formula is C17H22O2. The first kappa shape index (κ1) is 12.9. The van der Waals surface area contributed by atoms with Crippen molar-refractivity contribution >= 4 is 6.29 Å². The van der Waals surface area contributed by atoms with Crippen LogP contribution in [0.15, 0.2) is 36.0 Å². The van der Waals surface area contributed by atoms with E-state index < -0.39 is 5.60 Å². The SMILES string of the molecule is C=C1C=C2[C@H](CC(=C)[C@H]3CCCC[C@]23O)[C@H](C=O)C1. The quantitative estimate of drug-likeness (QED) is 0.579. The molecule has 0 unspecified atom stereocenters. The normalized spacial score (nSPS) is 42.2. The summed E-state index contributed by atoms with van der Waals surface area (Å²) >= 11 is 0. The number of carbonyl (C=O) groups excluding carboxylic acids is 1. The zero-order chi connectivity index (χ0) is 13.6. The van der Waals surface area contributed by atoms with E-state index in [9.17, 15) is 9.90 Å². The molecule has 2 heteroatoms. The fourth-order valence-corrected chi connectivity index (χ4v) is 4.38. The van der Waals surface area contributed by atoms with Crippen LogP contribution in [0.3, 0.4) is 0 Å². The van der Waals surface area contributed by atoms with Crippen LogP contribution in [0.2, 0.25) is 0 Å². The average molecular weight is 258 g/mol. The van der Waals surface area contributed by atoms with Crippen LogP contribution in [0.5, 0.6) is 0 Å². The van der Waals surface area contributed by atoms with Gasteiger partial charge in [0.25, 0.3) is 0 Å². The molecule has 0 aromatic rings. The van der Waals surface area contributed by atoms with E-state index in [1.54, 1.807) is 0 Å². The molecule has 0 bridgehead atoms. The molecule has 0 aromatic heterocycles. The Balaban J connectivity index is 2.07. The highest BCUT2D eigenvalue weighted by Crippen LogP contribution is 2.54. The number of aliphatic hydroxyl groups is 1. The Morgan fingerprint density at radius 3 is 2.84 bits per heavy atom. The lowest BCUT2D eigenvalue weighted by Gasteiger charge is -2.52. The third-order valence-electron chi connectivity index (χ3n) is 5.30. The molecule has 2 nitrogen and oxygen atoms in total. The van der Waals surface area contributed by atoms with Crippen molar-refractivity contribution in [1.82, 2.24) is 0 Å². The third-order valence-corrected chi connectivity index (χ3v) is 5.30. The molecule has 3 aliphatic rings. The van der Waals surface area contributed by atoms with E-state index in [0.717, 1.165) is 55.1 Å². The van der Waals surface area contributed by atoms with Crippen molar-refractivity contribution in [3.63, 3.8) is 0 Å². The first-order chi connectivity index (χ1) is 9.06. The number of rotatable bonds is 1. The van der Waals surface area contributed by atoms with E-state index in [-0.39, 0.29) is 17.8 Å². The van der Waals surface area contributed by atoms with E-state index in [1.165, 1.54) is 6.42 Å². The van der Waals surface area contributed by atoms with E-state index >= 15 is 0 Å². The van der Waals surface area contributed by atoms with Crippen molar-refractivity contribution < 1.29 is 9.90 Å². The molecule has 3 aliphatic carbocycles. The van der Waals surface area contributed by atoms with Crippen molar-refractivity contribution in [1.29, 1.82) is 0 Å². The summed E-state index contributed by atoms with van der Waals surface area (Å²) in [5.74, 6) is 0.299. The van der Waals surface area contributed by atoms with Gasteiger partial charge >= 0.3 is 0 Å². The lowest BCUT2D eigenvalue weighted by atomic mass is 9.55. The van der Waals surface area contributed by atoms with Crippen LogP contribution in [0.25, 0.3) is 0 Å². The van der Waals surface area contributed by atoms with Crippen molar-refractivity contribution in [2.45, 2.75) is 44.1 Å². The lowest BCUT2D eigenvalue weighted by Crippen LogP contribution is -2.51. The van der Waals surface area contributed by atoms with Gasteiger partial charge in [0.2, 0.25) is 0 Å². The van der Waals surface area contributed by atoms with Crippen molar-refractivity contribution in [2.24, 2.45) is 17.8 Å². The summed E-state index contributed by atoms with van der Waals surface area (Å²) in [5, 5.41) is 11.2. The fraction of sp³-hybridized carbons (Fsp3) is 0.588. The second kappa shape index (κ2) is 4.45. The minimum atomic E-state index is -0.761. The maximum absolute atomic E-state index is 11.4. The van der Waals surface area contributed by atoms with Gasteiger partial charge < -0.3 is 9.90 Å². The summed E-state index contributed by atoms with van der Waals surface area (Å²) < 4.78 is 0. The molecule has 0 amide bonds. The Hall–Kier alpha value is -1.15. The Bertz CT molecular complexity index is 474. The summed E-state index contributed by atoms with van der Waals surface area (Å²) in [6.07, 6.45) is 8.75. The molecule has 0 aromatic carbocycles. The summed E-state index contributed by atoms with van der Waals surface area (Å²) in [5.41, 5.74) is 2.43. The Labute approximate surface area is 114 Å². The predicted molar refractivity (Wildman–Crippen MR) is 75.5 cm³/mol. The predicted octanol–water partition coefficient (Wildman–Crippen LogP) is 3.19. The average Bonchev–Trinajstić information content (AvgIpc) is 2.39. The second-order valence-electron chi connectivity index (χ2n) is 6.45. The molecule has 19 heavy (non-hydrogen) atoms. The van der Waals surface area contributed by atoms with Gasteiger partial charge in [0.1, 0.15) is 6.29 Å². The Morgan fingerprint density at radius 1 is 1.32 bits per heavy atom. The van der Waals surface area contributed by atoms with Gasteiger partial charge in [0, 0.05) is 11.8 Å². The molecule has 0 spiro atoms. The van der Waals surface area contributed by atoms with Crippen LogP contribution in [0.1, 0.15) is 38.5 Å². The maximum Gasteiger partial charge on any atom is 0.124 e. The molecule has 4 atom stereocenters. The molecule has 0 heterocycles. The largest absolute Gasteiger partial charge is 0.385 e. The van der Waals surface area contributed by atoms with Crippen LogP contribution in [0, 0.1) is 17.8 Å². The molecule has 102 valence electrons. The molecule has 2 fully saturated rings. The van der Waals surface area contributed by atoms with Gasteiger partial charge in [-0.3, -0.25) is 0 Å². The van der Waals surface area contributed by atoms with Crippen molar-refractivity contribution in [3.8, 4) is 0 Å². The van der Waals surface area contributed by atoms with Gasteiger partial charge in [-0.15, -0.1) is 0 Å². The van der Waals surface area contributed by atoms with Gasteiger partial charge in [-0.2, -0.15) is 0 Å². The molecule has 0 radical (unpaired) electrons. The molecule has 2 saturated carbocycles. The minimum absolute atomic E-state index is 0.0313. The van der Waals surface area contributed by atoms with E-state index in [2.05, 4.69) is 19.2 Å². The number of carbonyl (C=O) groups is 1. The van der Waals surface area contributed by atoms with E-state index in [1.807, 2.05) is 0 Å². The summed E-state index contributed by atoms with van der Waals surface area (Å²) in [6, 6.07) is 0. The number of aldehydes is 1. The lowest BCUT2D eigenvalue weighted by molar-refractivity contribution is -0.113. The Kier molecular flexibility index (Phi) is 3.01. The minimum Gasteiger partial charge on any atom is -0.385 e. The highest BCUT2D eigenvalue weighted by atomic mass is 16.3. The summed E-state index contributed by atoms with van der Waals surface area (Å²) in [6.45, 7) is 8.22. The Morgan fingerprint density at radius 2 is 2.11 bits per heavy atom. The number of hydrogen-bond donors (Lipinski definition) is 1. The zero-order valence-electron chi connectivity index (χ0n) is 11.4. The van der Waals surface area contributed by atoms with Crippen molar-refractivity contribution in [2.75, 3.05) is 0 Å². The molecular weight excluding hydrogens is 236 g/mol. The number of allylic oxidation sites excluding steroid dienone is 2.